The second-order valence-corrected chi connectivity index (χ2v) is 9.40. The number of benzene rings is 1. The fourth-order valence-corrected chi connectivity index (χ4v) is 5.09. The number of anilines is 1. The van der Waals surface area contributed by atoms with Gasteiger partial charge in [-0.15, -0.1) is 10.2 Å². The first kappa shape index (κ1) is 20.2. The van der Waals surface area contributed by atoms with Crippen molar-refractivity contribution in [1.82, 2.24) is 24.9 Å². The Hall–Kier alpha value is -3.75. The molecule has 0 unspecified atom stereocenters. The molecule has 1 saturated carbocycles. The minimum Gasteiger partial charge on any atom is -0.421 e. The fraction of sp³-hybridized carbons (Fsp3) is 0.238. The van der Waals surface area contributed by atoms with E-state index in [2.05, 4.69) is 30.2 Å². The van der Waals surface area contributed by atoms with E-state index in [4.69, 9.17) is 9.68 Å². The molecule has 4 aromatic rings. The Morgan fingerprint density at radius 3 is 2.81 bits per heavy atom. The molecule has 1 aromatic carbocycles. The molecule has 1 fully saturated rings. The van der Waals surface area contributed by atoms with Crippen LogP contribution >= 0.6 is 0 Å². The molecule has 3 aromatic heterocycles. The van der Waals surface area contributed by atoms with Crippen LogP contribution in [-0.2, 0) is 10.0 Å². The maximum Gasteiger partial charge on any atom is 0.251 e. The van der Waals surface area contributed by atoms with Crippen LogP contribution in [0.5, 0.6) is 0 Å². The summed E-state index contributed by atoms with van der Waals surface area (Å²) in [5, 5.41) is 21.4. The minimum atomic E-state index is -3.70. The van der Waals surface area contributed by atoms with Gasteiger partial charge >= 0.3 is 0 Å². The van der Waals surface area contributed by atoms with E-state index in [1.807, 2.05) is 12.1 Å². The highest BCUT2D eigenvalue weighted by molar-refractivity contribution is 7.89. The summed E-state index contributed by atoms with van der Waals surface area (Å²) in [5.41, 5.74) is 2.53. The van der Waals surface area contributed by atoms with Gasteiger partial charge in [0.1, 0.15) is 5.65 Å². The summed E-state index contributed by atoms with van der Waals surface area (Å²) >= 11 is 0. The predicted octanol–water partition coefficient (Wildman–Crippen LogP) is 2.71. The number of hydrogen-bond acceptors (Lipinski definition) is 8. The van der Waals surface area contributed by atoms with Crippen LogP contribution in [0.3, 0.4) is 0 Å². The Kier molecular flexibility index (Phi) is 4.88. The molecule has 11 heteroatoms. The van der Waals surface area contributed by atoms with E-state index in [1.165, 1.54) is 12.1 Å². The second kappa shape index (κ2) is 7.74. The molecule has 32 heavy (non-hydrogen) atoms. The summed E-state index contributed by atoms with van der Waals surface area (Å²) < 4.78 is 33.7. The molecular formula is C21H19N7O3S. The van der Waals surface area contributed by atoms with E-state index in [9.17, 15) is 8.42 Å². The third-order valence-corrected chi connectivity index (χ3v) is 6.94. The van der Waals surface area contributed by atoms with E-state index in [0.717, 1.165) is 16.7 Å². The summed E-state index contributed by atoms with van der Waals surface area (Å²) in [4.78, 5) is 7.59. The molecule has 0 amide bonds. The SMILES string of the molecule is Cc1nnc(-c2cnc3[nH]ccc3c2NC2CC(NS(=O)(=O)c3cccc(C#N)c3)C2)o1. The predicted molar refractivity (Wildman–Crippen MR) is 116 cm³/mol. The number of pyridine rings is 1. The van der Waals surface area contributed by atoms with Gasteiger partial charge in [-0.2, -0.15) is 5.26 Å². The van der Waals surface area contributed by atoms with Crippen LogP contribution < -0.4 is 10.0 Å². The number of aryl methyl sites for hydroxylation is 1. The van der Waals surface area contributed by atoms with Gasteiger partial charge in [-0.05, 0) is 37.1 Å². The number of H-pyrrole nitrogens is 1. The van der Waals surface area contributed by atoms with Crippen molar-refractivity contribution in [1.29, 1.82) is 5.26 Å². The molecule has 1 aliphatic rings. The molecule has 0 saturated heterocycles. The Bertz CT molecular complexity index is 1450. The number of aromatic nitrogens is 4. The number of hydrogen-bond donors (Lipinski definition) is 3. The van der Waals surface area contributed by atoms with Crippen LogP contribution in [0.15, 0.2) is 52.0 Å². The summed E-state index contributed by atoms with van der Waals surface area (Å²) in [6, 6.07) is 9.70. The van der Waals surface area contributed by atoms with Crippen LogP contribution in [0.4, 0.5) is 5.69 Å². The largest absolute Gasteiger partial charge is 0.421 e. The maximum atomic E-state index is 12.7. The van der Waals surface area contributed by atoms with Gasteiger partial charge in [-0.1, -0.05) is 6.07 Å². The quantitative estimate of drug-likeness (QED) is 0.407. The smallest absolute Gasteiger partial charge is 0.251 e. The van der Waals surface area contributed by atoms with E-state index in [-0.39, 0.29) is 17.0 Å². The van der Waals surface area contributed by atoms with Crippen molar-refractivity contribution >= 4 is 26.7 Å². The van der Waals surface area contributed by atoms with Crippen molar-refractivity contribution in [2.24, 2.45) is 0 Å². The lowest BCUT2D eigenvalue weighted by Crippen LogP contribution is -2.49. The summed E-state index contributed by atoms with van der Waals surface area (Å²) in [6.07, 6.45) is 4.69. The number of nitrogens with one attached hydrogen (secondary N) is 3. The zero-order chi connectivity index (χ0) is 22.3. The number of rotatable bonds is 6. The molecule has 162 valence electrons. The van der Waals surface area contributed by atoms with Crippen molar-refractivity contribution in [3.63, 3.8) is 0 Å². The average molecular weight is 449 g/mol. The van der Waals surface area contributed by atoms with E-state index in [0.29, 0.717) is 35.7 Å². The topological polar surface area (TPSA) is 150 Å². The molecule has 0 bridgehead atoms. The van der Waals surface area contributed by atoms with Crippen LogP contribution in [0.25, 0.3) is 22.5 Å². The molecule has 0 atom stereocenters. The van der Waals surface area contributed by atoms with Gasteiger partial charge in [0.2, 0.25) is 15.9 Å². The van der Waals surface area contributed by atoms with Crippen LogP contribution in [-0.4, -0.2) is 40.7 Å². The molecule has 10 nitrogen and oxygen atoms in total. The van der Waals surface area contributed by atoms with Gasteiger partial charge < -0.3 is 14.7 Å². The lowest BCUT2D eigenvalue weighted by molar-refractivity contribution is 0.346. The Labute approximate surface area is 183 Å². The summed E-state index contributed by atoms with van der Waals surface area (Å²) in [7, 11) is -3.70. The normalized spacial score (nSPS) is 18.2. The van der Waals surface area contributed by atoms with Crippen LogP contribution in [0, 0.1) is 18.3 Å². The lowest BCUT2D eigenvalue weighted by Gasteiger charge is -2.37. The summed E-state index contributed by atoms with van der Waals surface area (Å²) in [5.74, 6) is 0.827. The zero-order valence-corrected chi connectivity index (χ0v) is 17.8. The van der Waals surface area contributed by atoms with Gasteiger partial charge in [0, 0.05) is 36.8 Å². The Morgan fingerprint density at radius 2 is 2.06 bits per heavy atom. The summed E-state index contributed by atoms with van der Waals surface area (Å²) in [6.45, 7) is 1.72. The lowest BCUT2D eigenvalue weighted by atomic mass is 9.87. The highest BCUT2D eigenvalue weighted by atomic mass is 32.2. The monoisotopic (exact) mass is 449 g/mol. The number of fused-ring (bicyclic) bond motifs is 1. The first-order valence-corrected chi connectivity index (χ1v) is 11.5. The van der Waals surface area contributed by atoms with E-state index >= 15 is 0 Å². The van der Waals surface area contributed by atoms with Crippen LogP contribution in [0.2, 0.25) is 0 Å². The molecule has 0 spiro atoms. The standard InChI is InChI=1S/C21H19N7O3S/c1-12-26-27-21(31-12)18-11-24-20-17(5-6-23-20)19(18)25-14-8-15(9-14)28-32(29,30)16-4-2-3-13(7-16)10-22/h2-7,11,14-15,28H,8-9H2,1H3,(H2,23,24,25). The Balaban J connectivity index is 1.32. The maximum absolute atomic E-state index is 12.7. The highest BCUT2D eigenvalue weighted by Crippen LogP contribution is 2.36. The molecular weight excluding hydrogens is 430 g/mol. The van der Waals surface area contributed by atoms with Crippen molar-refractivity contribution in [3.05, 3.63) is 54.2 Å². The molecule has 3 N–H and O–H groups in total. The van der Waals surface area contributed by atoms with Gasteiger partial charge in [0.05, 0.1) is 27.8 Å². The van der Waals surface area contributed by atoms with Gasteiger partial charge in [-0.25, -0.2) is 18.1 Å². The van der Waals surface area contributed by atoms with Crippen molar-refractivity contribution < 1.29 is 12.8 Å². The van der Waals surface area contributed by atoms with Gasteiger partial charge in [-0.3, -0.25) is 0 Å². The highest BCUT2D eigenvalue weighted by Gasteiger charge is 2.34. The second-order valence-electron chi connectivity index (χ2n) is 7.68. The van der Waals surface area contributed by atoms with Crippen molar-refractivity contribution in [2.75, 3.05) is 5.32 Å². The van der Waals surface area contributed by atoms with E-state index in [1.54, 1.807) is 31.5 Å². The molecule has 5 rings (SSSR count). The molecule has 0 radical (unpaired) electrons. The van der Waals surface area contributed by atoms with Crippen molar-refractivity contribution in [3.8, 4) is 17.5 Å². The Morgan fingerprint density at radius 1 is 1.22 bits per heavy atom. The first-order chi connectivity index (χ1) is 15.4. The minimum absolute atomic E-state index is 0.0522. The third-order valence-electron chi connectivity index (χ3n) is 5.42. The number of nitrogens with zero attached hydrogens (tertiary/aromatic N) is 4. The number of aromatic amines is 1. The van der Waals surface area contributed by atoms with Gasteiger partial charge in [0.15, 0.2) is 0 Å². The number of nitriles is 1. The number of sulfonamides is 1. The third kappa shape index (κ3) is 3.70. The van der Waals surface area contributed by atoms with E-state index < -0.39 is 10.0 Å². The van der Waals surface area contributed by atoms with Gasteiger partial charge in [0.25, 0.3) is 5.89 Å². The molecule has 1 aliphatic carbocycles. The van der Waals surface area contributed by atoms with Crippen LogP contribution in [0.1, 0.15) is 24.3 Å². The average Bonchev–Trinajstić information content (AvgIpc) is 3.41. The molecule has 0 aliphatic heterocycles. The zero-order valence-electron chi connectivity index (χ0n) is 17.0. The van der Waals surface area contributed by atoms with Crippen molar-refractivity contribution in [2.45, 2.75) is 36.7 Å². The fourth-order valence-electron chi connectivity index (χ4n) is 3.79. The first-order valence-electron chi connectivity index (χ1n) is 9.98. The molecule has 3 heterocycles.